The second-order valence-corrected chi connectivity index (χ2v) is 6.31. The van der Waals surface area contributed by atoms with Gasteiger partial charge in [0.2, 0.25) is 11.9 Å². The molecule has 1 unspecified atom stereocenters. The lowest BCUT2D eigenvalue weighted by Crippen LogP contribution is -2.49. The van der Waals surface area contributed by atoms with Gasteiger partial charge in [-0.15, -0.1) is 0 Å². The standard InChI is InChI=1S/C15H26N6O/c1-13(19-6-2-3-7-19)4-5-14(22)20-8-10-21(11-9-20)15-16-12-17-18-15/h12-13H,2-11H2,1H3,(H,16,17,18). The minimum absolute atomic E-state index is 0.295. The third-order valence-corrected chi connectivity index (χ3v) is 4.87. The molecule has 2 aliphatic rings. The van der Waals surface area contributed by atoms with E-state index < -0.39 is 0 Å². The van der Waals surface area contributed by atoms with Crippen molar-refractivity contribution in [2.45, 2.75) is 38.6 Å². The SMILES string of the molecule is CC(CCC(=O)N1CCN(c2ncn[nH]2)CC1)N1CCCC1. The molecule has 0 aliphatic carbocycles. The summed E-state index contributed by atoms with van der Waals surface area (Å²) in [6.45, 7) is 7.84. The van der Waals surface area contributed by atoms with Gasteiger partial charge >= 0.3 is 0 Å². The van der Waals surface area contributed by atoms with Crippen LogP contribution in [0.4, 0.5) is 5.95 Å². The summed E-state index contributed by atoms with van der Waals surface area (Å²) in [6, 6.07) is 0.530. The molecule has 0 radical (unpaired) electrons. The van der Waals surface area contributed by atoms with Crippen molar-refractivity contribution in [3.05, 3.63) is 6.33 Å². The molecule has 22 heavy (non-hydrogen) atoms. The Morgan fingerprint density at radius 2 is 1.95 bits per heavy atom. The summed E-state index contributed by atoms with van der Waals surface area (Å²) < 4.78 is 0. The van der Waals surface area contributed by atoms with Crippen molar-refractivity contribution >= 4 is 11.9 Å². The van der Waals surface area contributed by atoms with Crippen LogP contribution in [0.3, 0.4) is 0 Å². The molecule has 2 aliphatic heterocycles. The van der Waals surface area contributed by atoms with Crippen LogP contribution in [0.25, 0.3) is 0 Å². The number of carbonyl (C=O) groups is 1. The number of carbonyl (C=O) groups excluding carboxylic acids is 1. The number of likely N-dealkylation sites (tertiary alicyclic amines) is 1. The summed E-state index contributed by atoms with van der Waals surface area (Å²) in [7, 11) is 0. The molecule has 7 heteroatoms. The third kappa shape index (κ3) is 3.58. The molecule has 122 valence electrons. The molecule has 0 bridgehead atoms. The number of hydrogen-bond acceptors (Lipinski definition) is 5. The zero-order chi connectivity index (χ0) is 15.4. The average Bonchev–Trinajstić information content (AvgIpc) is 3.25. The van der Waals surface area contributed by atoms with Gasteiger partial charge in [-0.2, -0.15) is 10.1 Å². The van der Waals surface area contributed by atoms with Crippen LogP contribution in [-0.2, 0) is 4.79 Å². The number of H-pyrrole nitrogens is 1. The summed E-state index contributed by atoms with van der Waals surface area (Å²) in [5.41, 5.74) is 0. The fraction of sp³-hybridized carbons (Fsp3) is 0.800. The first-order chi connectivity index (χ1) is 10.7. The van der Waals surface area contributed by atoms with E-state index in [2.05, 4.69) is 31.9 Å². The number of aromatic nitrogens is 3. The van der Waals surface area contributed by atoms with Gasteiger partial charge in [0.25, 0.3) is 0 Å². The van der Waals surface area contributed by atoms with E-state index in [1.807, 2.05) is 4.90 Å². The van der Waals surface area contributed by atoms with Gasteiger partial charge in [-0.25, -0.2) is 5.10 Å². The predicted molar refractivity (Wildman–Crippen MR) is 84.7 cm³/mol. The van der Waals surface area contributed by atoms with E-state index in [1.165, 1.54) is 32.3 Å². The summed E-state index contributed by atoms with van der Waals surface area (Å²) in [5.74, 6) is 1.10. The Bertz CT molecular complexity index is 462. The maximum Gasteiger partial charge on any atom is 0.222 e. The topological polar surface area (TPSA) is 68.4 Å². The number of aromatic amines is 1. The molecule has 0 spiro atoms. The molecule has 1 atom stereocenters. The van der Waals surface area contributed by atoms with Crippen LogP contribution in [0.15, 0.2) is 6.33 Å². The molecule has 1 aromatic heterocycles. The van der Waals surface area contributed by atoms with Crippen molar-refractivity contribution in [2.24, 2.45) is 0 Å². The van der Waals surface area contributed by atoms with Gasteiger partial charge < -0.3 is 14.7 Å². The van der Waals surface area contributed by atoms with Crippen LogP contribution in [0.2, 0.25) is 0 Å². The number of nitrogens with one attached hydrogen (secondary N) is 1. The van der Waals surface area contributed by atoms with Crippen molar-refractivity contribution < 1.29 is 4.79 Å². The molecular formula is C15H26N6O. The van der Waals surface area contributed by atoms with Gasteiger partial charge in [-0.3, -0.25) is 4.79 Å². The normalized spacial score (nSPS) is 21.3. The van der Waals surface area contributed by atoms with Crippen LogP contribution >= 0.6 is 0 Å². The molecule has 2 saturated heterocycles. The Kier molecular flexibility index (Phi) is 4.92. The van der Waals surface area contributed by atoms with E-state index in [0.717, 1.165) is 38.5 Å². The maximum atomic E-state index is 12.4. The van der Waals surface area contributed by atoms with E-state index >= 15 is 0 Å². The summed E-state index contributed by atoms with van der Waals surface area (Å²) in [4.78, 5) is 23.2. The monoisotopic (exact) mass is 306 g/mol. The first-order valence-corrected chi connectivity index (χ1v) is 8.36. The fourth-order valence-corrected chi connectivity index (χ4v) is 3.37. The number of piperazine rings is 1. The Morgan fingerprint density at radius 3 is 2.59 bits per heavy atom. The van der Waals surface area contributed by atoms with Crippen molar-refractivity contribution in [2.75, 3.05) is 44.2 Å². The van der Waals surface area contributed by atoms with Crippen LogP contribution in [-0.4, -0.2) is 76.2 Å². The van der Waals surface area contributed by atoms with E-state index in [4.69, 9.17) is 0 Å². The Labute approximate surface area is 131 Å². The lowest BCUT2D eigenvalue weighted by Gasteiger charge is -2.34. The summed E-state index contributed by atoms with van der Waals surface area (Å²) >= 11 is 0. The van der Waals surface area contributed by atoms with Crippen molar-refractivity contribution in [1.82, 2.24) is 25.0 Å². The highest BCUT2D eigenvalue weighted by Gasteiger charge is 2.24. The second kappa shape index (κ2) is 7.09. The van der Waals surface area contributed by atoms with E-state index in [1.54, 1.807) is 0 Å². The molecule has 0 aromatic carbocycles. The molecule has 3 heterocycles. The predicted octanol–water partition coefficient (Wildman–Crippen LogP) is 0.718. The van der Waals surface area contributed by atoms with Gasteiger partial charge in [0, 0.05) is 38.6 Å². The van der Waals surface area contributed by atoms with Crippen molar-refractivity contribution in [1.29, 1.82) is 0 Å². The van der Waals surface area contributed by atoms with Crippen molar-refractivity contribution in [3.8, 4) is 0 Å². The van der Waals surface area contributed by atoms with E-state index in [0.29, 0.717) is 18.4 Å². The minimum Gasteiger partial charge on any atom is -0.339 e. The molecule has 0 saturated carbocycles. The Hall–Kier alpha value is -1.63. The number of anilines is 1. The van der Waals surface area contributed by atoms with Crippen LogP contribution in [0.1, 0.15) is 32.6 Å². The van der Waals surface area contributed by atoms with Crippen LogP contribution < -0.4 is 4.90 Å². The summed E-state index contributed by atoms with van der Waals surface area (Å²) in [6.07, 6.45) is 5.78. The molecule has 2 fully saturated rings. The van der Waals surface area contributed by atoms with Gasteiger partial charge in [0.15, 0.2) is 0 Å². The second-order valence-electron chi connectivity index (χ2n) is 6.31. The lowest BCUT2D eigenvalue weighted by molar-refractivity contribution is -0.131. The highest BCUT2D eigenvalue weighted by molar-refractivity contribution is 5.76. The number of rotatable bonds is 5. The quantitative estimate of drug-likeness (QED) is 0.868. The molecule has 3 rings (SSSR count). The fourth-order valence-electron chi connectivity index (χ4n) is 3.37. The zero-order valence-corrected chi connectivity index (χ0v) is 13.4. The highest BCUT2D eigenvalue weighted by Crippen LogP contribution is 2.16. The zero-order valence-electron chi connectivity index (χ0n) is 13.4. The Morgan fingerprint density at radius 1 is 1.23 bits per heavy atom. The molecule has 1 amide bonds. The van der Waals surface area contributed by atoms with Gasteiger partial charge in [0.05, 0.1) is 0 Å². The van der Waals surface area contributed by atoms with Gasteiger partial charge in [0.1, 0.15) is 6.33 Å². The number of hydrogen-bond donors (Lipinski definition) is 1. The Balaban J connectivity index is 1.40. The van der Waals surface area contributed by atoms with Gasteiger partial charge in [-0.1, -0.05) is 0 Å². The van der Waals surface area contributed by atoms with Crippen molar-refractivity contribution in [3.63, 3.8) is 0 Å². The van der Waals surface area contributed by atoms with E-state index in [9.17, 15) is 4.79 Å². The molecule has 1 aromatic rings. The molecular weight excluding hydrogens is 280 g/mol. The first-order valence-electron chi connectivity index (χ1n) is 8.36. The number of nitrogens with zero attached hydrogens (tertiary/aromatic N) is 5. The highest BCUT2D eigenvalue weighted by atomic mass is 16.2. The third-order valence-electron chi connectivity index (χ3n) is 4.87. The summed E-state index contributed by atoms with van der Waals surface area (Å²) in [5, 5.41) is 6.75. The first kappa shape index (κ1) is 15.3. The van der Waals surface area contributed by atoms with Crippen LogP contribution in [0, 0.1) is 0 Å². The van der Waals surface area contributed by atoms with Gasteiger partial charge in [-0.05, 0) is 39.3 Å². The average molecular weight is 306 g/mol. The molecule has 7 nitrogen and oxygen atoms in total. The molecule has 1 N–H and O–H groups in total. The maximum absolute atomic E-state index is 12.4. The number of amides is 1. The largest absolute Gasteiger partial charge is 0.339 e. The smallest absolute Gasteiger partial charge is 0.222 e. The van der Waals surface area contributed by atoms with E-state index in [-0.39, 0.29) is 0 Å². The minimum atomic E-state index is 0.295. The lowest BCUT2D eigenvalue weighted by atomic mass is 10.1. The van der Waals surface area contributed by atoms with Crippen LogP contribution in [0.5, 0.6) is 0 Å².